The first-order valence-electron chi connectivity index (χ1n) is 9.34. The van der Waals surface area contributed by atoms with Crippen LogP contribution in [-0.4, -0.2) is 29.9 Å². The number of hydrogen-bond donors (Lipinski definition) is 1. The van der Waals surface area contributed by atoms with Gasteiger partial charge < -0.3 is 10.6 Å². The van der Waals surface area contributed by atoms with Crippen LogP contribution in [0.25, 0.3) is 0 Å². The summed E-state index contributed by atoms with van der Waals surface area (Å²) in [6.45, 7) is 1.42. The third kappa shape index (κ3) is 3.42. The van der Waals surface area contributed by atoms with Crippen LogP contribution in [0.15, 0.2) is 47.8 Å². The van der Waals surface area contributed by atoms with Crippen LogP contribution in [0.2, 0.25) is 0 Å². The minimum atomic E-state index is -0.308. The van der Waals surface area contributed by atoms with Crippen molar-refractivity contribution in [1.29, 1.82) is 0 Å². The van der Waals surface area contributed by atoms with Gasteiger partial charge in [0.05, 0.1) is 5.41 Å². The summed E-state index contributed by atoms with van der Waals surface area (Å²) >= 11 is 1.73. The lowest BCUT2D eigenvalue weighted by Gasteiger charge is -2.38. The zero-order chi connectivity index (χ0) is 17.3. The number of carbonyl (C=O) groups is 1. The molecule has 0 radical (unpaired) electrons. The van der Waals surface area contributed by atoms with Gasteiger partial charge in [0.1, 0.15) is 0 Å². The van der Waals surface area contributed by atoms with Crippen LogP contribution in [0.4, 0.5) is 0 Å². The fraction of sp³-hybridized carbons (Fsp3) is 0.476. The fourth-order valence-electron chi connectivity index (χ4n) is 4.62. The molecule has 0 unspecified atom stereocenters. The van der Waals surface area contributed by atoms with Crippen LogP contribution in [0, 0.1) is 0 Å². The Labute approximate surface area is 166 Å². The van der Waals surface area contributed by atoms with Crippen molar-refractivity contribution in [3.63, 3.8) is 0 Å². The summed E-state index contributed by atoms with van der Waals surface area (Å²) in [5, 5.41) is 2.10. The molecule has 1 saturated heterocycles. The first kappa shape index (κ1) is 19.4. The van der Waals surface area contributed by atoms with Crippen molar-refractivity contribution in [3.05, 3.63) is 58.3 Å². The van der Waals surface area contributed by atoms with Crippen molar-refractivity contribution in [3.8, 4) is 0 Å². The second kappa shape index (κ2) is 8.12. The lowest BCUT2D eigenvalue weighted by Crippen LogP contribution is -2.47. The fourth-order valence-corrected chi connectivity index (χ4v) is 5.60. The van der Waals surface area contributed by atoms with Crippen LogP contribution < -0.4 is 5.73 Å². The number of amides is 1. The molecule has 26 heavy (non-hydrogen) atoms. The van der Waals surface area contributed by atoms with Crippen LogP contribution in [-0.2, 0) is 10.2 Å². The predicted molar refractivity (Wildman–Crippen MR) is 110 cm³/mol. The molecule has 1 aliphatic heterocycles. The molecule has 1 aliphatic carbocycles. The van der Waals surface area contributed by atoms with Gasteiger partial charge in [0.15, 0.2) is 0 Å². The number of rotatable bonds is 3. The van der Waals surface area contributed by atoms with Crippen molar-refractivity contribution >= 4 is 29.7 Å². The number of nitrogens with two attached hydrogens (primary N) is 1. The average Bonchev–Trinajstić information content (AvgIpc) is 3.32. The Morgan fingerprint density at radius 2 is 1.77 bits per heavy atom. The normalized spacial score (nSPS) is 24.9. The summed E-state index contributed by atoms with van der Waals surface area (Å²) in [5.74, 6) is 0.553. The van der Waals surface area contributed by atoms with Gasteiger partial charge in [0.2, 0.25) is 5.91 Å². The number of likely N-dealkylation sites (tertiary alicyclic amines) is 1. The second-order valence-electron chi connectivity index (χ2n) is 7.51. The van der Waals surface area contributed by atoms with Crippen LogP contribution >= 0.6 is 23.7 Å². The summed E-state index contributed by atoms with van der Waals surface area (Å²) < 4.78 is 0. The quantitative estimate of drug-likeness (QED) is 0.847. The maximum Gasteiger partial charge on any atom is 0.234 e. The molecule has 2 heterocycles. The van der Waals surface area contributed by atoms with E-state index in [-0.39, 0.29) is 29.8 Å². The minimum Gasteiger partial charge on any atom is -0.340 e. The number of benzene rings is 1. The summed E-state index contributed by atoms with van der Waals surface area (Å²) in [4.78, 5) is 16.9. The maximum absolute atomic E-state index is 13.6. The molecule has 5 heteroatoms. The second-order valence-corrected chi connectivity index (χ2v) is 8.46. The lowest BCUT2D eigenvalue weighted by atomic mass is 9.72. The number of halogens is 1. The van der Waals surface area contributed by atoms with E-state index >= 15 is 0 Å². The summed E-state index contributed by atoms with van der Waals surface area (Å²) in [6, 6.07) is 14.7. The van der Waals surface area contributed by atoms with Gasteiger partial charge in [-0.15, -0.1) is 23.7 Å². The maximum atomic E-state index is 13.6. The molecule has 4 rings (SSSR count). The van der Waals surface area contributed by atoms with Gasteiger partial charge in [0, 0.05) is 29.9 Å². The van der Waals surface area contributed by atoms with Crippen molar-refractivity contribution in [2.45, 2.75) is 49.5 Å². The zero-order valence-corrected chi connectivity index (χ0v) is 16.6. The summed E-state index contributed by atoms with van der Waals surface area (Å²) in [6.07, 6.45) is 5.49. The van der Waals surface area contributed by atoms with E-state index in [9.17, 15) is 4.79 Å². The number of thiophene rings is 1. The molecule has 140 valence electrons. The first-order valence-corrected chi connectivity index (χ1v) is 10.2. The van der Waals surface area contributed by atoms with Gasteiger partial charge >= 0.3 is 0 Å². The largest absolute Gasteiger partial charge is 0.340 e. The number of hydrogen-bond acceptors (Lipinski definition) is 3. The highest BCUT2D eigenvalue weighted by Gasteiger charge is 2.47. The van der Waals surface area contributed by atoms with E-state index in [0.29, 0.717) is 12.5 Å². The molecule has 2 fully saturated rings. The number of nitrogens with zero attached hydrogens (tertiary/aromatic N) is 1. The summed E-state index contributed by atoms with van der Waals surface area (Å²) in [5.41, 5.74) is 7.38. The monoisotopic (exact) mass is 390 g/mol. The highest BCUT2D eigenvalue weighted by atomic mass is 35.5. The van der Waals surface area contributed by atoms with E-state index in [1.807, 2.05) is 11.0 Å². The van der Waals surface area contributed by atoms with E-state index < -0.39 is 0 Å². The van der Waals surface area contributed by atoms with E-state index in [0.717, 1.165) is 32.2 Å². The highest BCUT2D eigenvalue weighted by Crippen LogP contribution is 2.44. The van der Waals surface area contributed by atoms with Crippen LogP contribution in [0.1, 0.15) is 48.5 Å². The Hall–Kier alpha value is -1.36. The Morgan fingerprint density at radius 1 is 1.04 bits per heavy atom. The van der Waals surface area contributed by atoms with E-state index in [1.54, 1.807) is 11.3 Å². The Bertz CT molecular complexity index is 713. The van der Waals surface area contributed by atoms with Gasteiger partial charge in [-0.25, -0.2) is 0 Å². The van der Waals surface area contributed by atoms with E-state index in [1.165, 1.54) is 16.9 Å². The molecule has 3 nitrogen and oxygen atoms in total. The van der Waals surface area contributed by atoms with Crippen molar-refractivity contribution in [1.82, 2.24) is 4.90 Å². The van der Waals surface area contributed by atoms with E-state index in [2.05, 4.69) is 41.8 Å². The predicted octanol–water partition coefficient (Wildman–Crippen LogP) is 4.33. The smallest absolute Gasteiger partial charge is 0.234 e. The average molecular weight is 391 g/mol. The molecule has 2 atom stereocenters. The molecule has 2 N–H and O–H groups in total. The molecular formula is C21H27ClN2OS. The Kier molecular flexibility index (Phi) is 6.06. The van der Waals surface area contributed by atoms with E-state index in [4.69, 9.17) is 5.73 Å². The molecular weight excluding hydrogens is 364 g/mol. The Balaban J connectivity index is 0.00000196. The van der Waals surface area contributed by atoms with Gasteiger partial charge in [-0.1, -0.05) is 55.7 Å². The standard InChI is InChI=1S/C21H26N2OS.ClH/c22-18-15-23(14-17(18)16-8-3-1-4-9-16)20(24)21(11-5-2-6-12-21)19-10-7-13-25-19;/h1,3-4,7-10,13,17-18H,2,5-6,11-12,14-15,22H2;1H/t17-,18+;/m0./s1. The van der Waals surface area contributed by atoms with Gasteiger partial charge in [0.25, 0.3) is 0 Å². The molecule has 0 spiro atoms. The SMILES string of the molecule is Cl.N[C@@H]1CN(C(=O)C2(c3cccs3)CCCCC2)C[C@H]1c1ccccc1. The molecule has 2 aliphatic rings. The van der Waals surface area contributed by atoms with Gasteiger partial charge in [-0.05, 0) is 29.9 Å². The van der Waals surface area contributed by atoms with Crippen molar-refractivity contribution in [2.75, 3.05) is 13.1 Å². The number of carbonyl (C=O) groups excluding carboxylic acids is 1. The van der Waals surface area contributed by atoms with Crippen molar-refractivity contribution in [2.24, 2.45) is 5.73 Å². The zero-order valence-electron chi connectivity index (χ0n) is 15.0. The summed E-state index contributed by atoms with van der Waals surface area (Å²) in [7, 11) is 0. The van der Waals surface area contributed by atoms with Crippen LogP contribution in [0.5, 0.6) is 0 Å². The third-order valence-electron chi connectivity index (χ3n) is 5.99. The first-order chi connectivity index (χ1) is 12.2. The molecule has 1 aromatic carbocycles. The van der Waals surface area contributed by atoms with Gasteiger partial charge in [-0.3, -0.25) is 4.79 Å². The Morgan fingerprint density at radius 3 is 2.42 bits per heavy atom. The lowest BCUT2D eigenvalue weighted by molar-refractivity contribution is -0.137. The van der Waals surface area contributed by atoms with Crippen molar-refractivity contribution < 1.29 is 4.79 Å². The molecule has 0 bridgehead atoms. The van der Waals surface area contributed by atoms with Gasteiger partial charge in [-0.2, -0.15) is 0 Å². The molecule has 1 amide bonds. The topological polar surface area (TPSA) is 46.3 Å². The minimum absolute atomic E-state index is 0. The molecule has 1 saturated carbocycles. The molecule has 1 aromatic heterocycles. The molecule has 2 aromatic rings. The van der Waals surface area contributed by atoms with Crippen LogP contribution in [0.3, 0.4) is 0 Å². The highest BCUT2D eigenvalue weighted by molar-refractivity contribution is 7.10. The third-order valence-corrected chi connectivity index (χ3v) is 7.06.